The van der Waals surface area contributed by atoms with Crippen molar-refractivity contribution in [2.24, 2.45) is 5.92 Å². The zero-order valence-corrected chi connectivity index (χ0v) is 14.7. The molecule has 1 aliphatic carbocycles. The Balaban J connectivity index is 1.51. The Morgan fingerprint density at radius 3 is 2.68 bits per heavy atom. The molecule has 0 radical (unpaired) electrons. The van der Waals surface area contributed by atoms with Crippen molar-refractivity contribution in [3.8, 4) is 11.5 Å². The van der Waals surface area contributed by atoms with E-state index in [1.54, 1.807) is 25.1 Å². The number of rotatable bonds is 4. The van der Waals surface area contributed by atoms with Crippen LogP contribution in [0.15, 0.2) is 24.3 Å². The number of hydrogen-bond acceptors (Lipinski definition) is 5. The molecule has 1 saturated carbocycles. The van der Waals surface area contributed by atoms with Gasteiger partial charge in [0.05, 0.1) is 0 Å². The van der Waals surface area contributed by atoms with Gasteiger partial charge in [0.1, 0.15) is 6.61 Å². The Bertz CT molecular complexity index is 632. The number of fused-ring (bicyclic) bond motifs is 1. The highest BCUT2D eigenvalue weighted by Gasteiger charge is 2.32. The van der Waals surface area contributed by atoms with Gasteiger partial charge in [0.15, 0.2) is 17.6 Å². The van der Waals surface area contributed by atoms with Gasteiger partial charge in [0, 0.05) is 6.04 Å². The van der Waals surface area contributed by atoms with Gasteiger partial charge in [-0.1, -0.05) is 31.9 Å². The molecule has 0 spiro atoms. The van der Waals surface area contributed by atoms with Crippen LogP contribution in [0.25, 0.3) is 0 Å². The van der Waals surface area contributed by atoms with Crippen LogP contribution in [-0.2, 0) is 14.3 Å². The number of para-hydroxylation sites is 2. The Morgan fingerprint density at radius 2 is 1.92 bits per heavy atom. The first-order valence-corrected chi connectivity index (χ1v) is 8.94. The average molecular weight is 347 g/mol. The van der Waals surface area contributed by atoms with E-state index in [0.29, 0.717) is 17.4 Å². The first kappa shape index (κ1) is 17.6. The number of carbonyl (C=O) groups excluding carboxylic acids is 2. The highest BCUT2D eigenvalue weighted by molar-refractivity contribution is 5.85. The second-order valence-electron chi connectivity index (χ2n) is 6.82. The van der Waals surface area contributed by atoms with Gasteiger partial charge in [-0.25, -0.2) is 4.79 Å². The molecule has 6 heteroatoms. The van der Waals surface area contributed by atoms with E-state index < -0.39 is 18.2 Å². The minimum absolute atomic E-state index is 0.0733. The van der Waals surface area contributed by atoms with E-state index in [4.69, 9.17) is 14.2 Å². The van der Waals surface area contributed by atoms with Crippen molar-refractivity contribution in [1.29, 1.82) is 0 Å². The molecule has 3 rings (SSSR count). The molecule has 2 aliphatic rings. The van der Waals surface area contributed by atoms with E-state index in [-0.39, 0.29) is 18.6 Å². The first-order chi connectivity index (χ1) is 12.0. The smallest absolute Gasteiger partial charge is 0.351 e. The fourth-order valence-corrected chi connectivity index (χ4v) is 3.27. The topological polar surface area (TPSA) is 73.9 Å². The molecule has 1 aromatic carbocycles. The maximum Gasteiger partial charge on any atom is 0.351 e. The van der Waals surface area contributed by atoms with E-state index >= 15 is 0 Å². The maximum absolute atomic E-state index is 12.3. The molecule has 0 saturated heterocycles. The molecule has 1 heterocycles. The van der Waals surface area contributed by atoms with Gasteiger partial charge in [-0.3, -0.25) is 4.79 Å². The van der Waals surface area contributed by atoms with Crippen LogP contribution in [0.2, 0.25) is 0 Å². The van der Waals surface area contributed by atoms with Crippen molar-refractivity contribution >= 4 is 11.9 Å². The number of ether oxygens (including phenoxy) is 3. The number of carbonyl (C=O) groups is 2. The molecule has 4 atom stereocenters. The number of hydrogen-bond donors (Lipinski definition) is 1. The summed E-state index contributed by atoms with van der Waals surface area (Å²) in [4.78, 5) is 24.6. The molecule has 1 N–H and O–H groups in total. The molecular formula is C19H25NO5. The van der Waals surface area contributed by atoms with Gasteiger partial charge >= 0.3 is 5.97 Å². The summed E-state index contributed by atoms with van der Waals surface area (Å²) < 4.78 is 16.4. The monoisotopic (exact) mass is 347 g/mol. The minimum Gasteiger partial charge on any atom is -0.485 e. The standard InChI is InChI=1S/C19H25NO5/c1-12-7-3-4-8-14(12)20-18(21)13(2)24-19(22)17-11-23-15-9-5-6-10-16(15)25-17/h5-6,9-10,12-14,17H,3-4,7-8,11H2,1-2H3,(H,20,21). The zero-order chi connectivity index (χ0) is 17.8. The van der Waals surface area contributed by atoms with Crippen LogP contribution in [0.1, 0.15) is 39.5 Å². The van der Waals surface area contributed by atoms with Crippen LogP contribution in [-0.4, -0.2) is 36.7 Å². The van der Waals surface area contributed by atoms with Crippen molar-refractivity contribution in [2.75, 3.05) is 6.61 Å². The highest BCUT2D eigenvalue weighted by Crippen LogP contribution is 2.31. The lowest BCUT2D eigenvalue weighted by Gasteiger charge is -2.30. The third-order valence-corrected chi connectivity index (χ3v) is 4.87. The van der Waals surface area contributed by atoms with E-state index in [9.17, 15) is 9.59 Å². The molecule has 25 heavy (non-hydrogen) atoms. The molecule has 6 nitrogen and oxygen atoms in total. The second-order valence-corrected chi connectivity index (χ2v) is 6.82. The normalized spacial score (nSPS) is 26.4. The van der Waals surface area contributed by atoms with E-state index in [2.05, 4.69) is 12.2 Å². The fourth-order valence-electron chi connectivity index (χ4n) is 3.27. The van der Waals surface area contributed by atoms with Crippen LogP contribution in [0.4, 0.5) is 0 Å². The SMILES string of the molecule is CC(OC(=O)C1COc2ccccc2O1)C(=O)NC1CCCCC1C. The van der Waals surface area contributed by atoms with Crippen molar-refractivity contribution in [3.63, 3.8) is 0 Å². The van der Waals surface area contributed by atoms with Crippen LogP contribution < -0.4 is 14.8 Å². The third kappa shape index (κ3) is 4.24. The Hall–Kier alpha value is -2.24. The van der Waals surface area contributed by atoms with E-state index in [1.807, 2.05) is 6.07 Å². The van der Waals surface area contributed by atoms with Gasteiger partial charge in [-0.2, -0.15) is 0 Å². The summed E-state index contributed by atoms with van der Waals surface area (Å²) in [6.45, 7) is 3.80. The van der Waals surface area contributed by atoms with Crippen LogP contribution in [0.5, 0.6) is 11.5 Å². The van der Waals surface area contributed by atoms with Gasteiger partial charge in [-0.15, -0.1) is 0 Å². The lowest BCUT2D eigenvalue weighted by atomic mass is 9.86. The van der Waals surface area contributed by atoms with E-state index in [0.717, 1.165) is 19.3 Å². The number of nitrogens with one attached hydrogen (secondary N) is 1. The molecule has 0 aromatic heterocycles. The summed E-state index contributed by atoms with van der Waals surface area (Å²) in [5, 5.41) is 3.00. The molecule has 1 amide bonds. The molecule has 4 unspecified atom stereocenters. The number of esters is 1. The molecule has 1 aliphatic heterocycles. The summed E-state index contributed by atoms with van der Waals surface area (Å²) in [6, 6.07) is 7.30. The Labute approximate surface area is 147 Å². The van der Waals surface area contributed by atoms with Gasteiger partial charge in [-0.05, 0) is 37.8 Å². The lowest BCUT2D eigenvalue weighted by molar-refractivity contribution is -0.164. The fraction of sp³-hybridized carbons (Fsp3) is 0.579. The van der Waals surface area contributed by atoms with Crippen molar-refractivity contribution in [1.82, 2.24) is 5.32 Å². The van der Waals surface area contributed by atoms with Crippen LogP contribution in [0.3, 0.4) is 0 Å². The predicted molar refractivity (Wildman–Crippen MR) is 91.5 cm³/mol. The van der Waals surface area contributed by atoms with Crippen molar-refractivity contribution in [2.45, 2.75) is 57.8 Å². The van der Waals surface area contributed by atoms with Crippen molar-refractivity contribution < 1.29 is 23.8 Å². The summed E-state index contributed by atoms with van der Waals surface area (Å²) in [7, 11) is 0. The van der Waals surface area contributed by atoms with Gasteiger partial charge < -0.3 is 19.5 Å². The molecule has 136 valence electrons. The first-order valence-electron chi connectivity index (χ1n) is 8.94. The second kappa shape index (κ2) is 7.76. The van der Waals surface area contributed by atoms with Gasteiger partial charge in [0.25, 0.3) is 5.91 Å². The maximum atomic E-state index is 12.3. The molecule has 0 bridgehead atoms. The average Bonchev–Trinajstić information content (AvgIpc) is 2.63. The molecule has 1 fully saturated rings. The molecular weight excluding hydrogens is 322 g/mol. The zero-order valence-electron chi connectivity index (χ0n) is 14.7. The number of benzene rings is 1. The van der Waals surface area contributed by atoms with Crippen LogP contribution >= 0.6 is 0 Å². The number of amides is 1. The lowest BCUT2D eigenvalue weighted by Crippen LogP contribution is -2.47. The Morgan fingerprint density at radius 1 is 1.20 bits per heavy atom. The van der Waals surface area contributed by atoms with Crippen LogP contribution in [0, 0.1) is 5.92 Å². The largest absolute Gasteiger partial charge is 0.485 e. The van der Waals surface area contributed by atoms with E-state index in [1.165, 1.54) is 6.42 Å². The highest BCUT2D eigenvalue weighted by atomic mass is 16.6. The predicted octanol–water partition coefficient (Wildman–Crippen LogP) is 2.45. The summed E-state index contributed by atoms with van der Waals surface area (Å²) in [6.07, 6.45) is 2.70. The Kier molecular flexibility index (Phi) is 5.46. The summed E-state index contributed by atoms with van der Waals surface area (Å²) in [5.41, 5.74) is 0. The summed E-state index contributed by atoms with van der Waals surface area (Å²) >= 11 is 0. The minimum atomic E-state index is -0.862. The van der Waals surface area contributed by atoms with Crippen molar-refractivity contribution in [3.05, 3.63) is 24.3 Å². The van der Waals surface area contributed by atoms with Gasteiger partial charge in [0.2, 0.25) is 6.10 Å². The summed E-state index contributed by atoms with van der Waals surface area (Å²) in [5.74, 6) is 0.706. The molecule has 1 aromatic rings. The third-order valence-electron chi connectivity index (χ3n) is 4.87. The quantitative estimate of drug-likeness (QED) is 0.847.